The van der Waals surface area contributed by atoms with E-state index < -0.39 is 0 Å². The molecule has 0 aliphatic heterocycles. The predicted molar refractivity (Wildman–Crippen MR) is 116 cm³/mol. The number of halogens is 1. The highest BCUT2D eigenvalue weighted by Crippen LogP contribution is 2.38. The van der Waals surface area contributed by atoms with Gasteiger partial charge in [-0.3, -0.25) is 0 Å². The van der Waals surface area contributed by atoms with Crippen LogP contribution in [-0.2, 0) is 13.0 Å². The SMILES string of the molecule is CCc1nc2cc(CN=C(N)Nc3ccccn3)ccc2n1C1CC1.I. The highest BCUT2D eigenvalue weighted by molar-refractivity contribution is 14.0. The Morgan fingerprint density at radius 2 is 2.15 bits per heavy atom. The van der Waals surface area contributed by atoms with Gasteiger partial charge in [-0.05, 0) is 42.7 Å². The first-order chi connectivity index (χ1) is 12.2. The van der Waals surface area contributed by atoms with E-state index in [9.17, 15) is 0 Å². The van der Waals surface area contributed by atoms with Crippen LogP contribution in [0.1, 0.15) is 37.2 Å². The molecule has 2 heterocycles. The Labute approximate surface area is 170 Å². The van der Waals surface area contributed by atoms with Gasteiger partial charge in [0.15, 0.2) is 5.96 Å². The van der Waals surface area contributed by atoms with Crippen LogP contribution in [-0.4, -0.2) is 20.5 Å². The molecule has 0 unspecified atom stereocenters. The summed E-state index contributed by atoms with van der Waals surface area (Å²) in [5.74, 6) is 2.22. The summed E-state index contributed by atoms with van der Waals surface area (Å²) >= 11 is 0. The molecule has 1 aromatic carbocycles. The lowest BCUT2D eigenvalue weighted by Crippen LogP contribution is -2.23. The third kappa shape index (κ3) is 3.98. The van der Waals surface area contributed by atoms with Crippen molar-refractivity contribution in [3.05, 3.63) is 54.0 Å². The van der Waals surface area contributed by atoms with Crippen molar-refractivity contribution in [1.82, 2.24) is 14.5 Å². The summed E-state index contributed by atoms with van der Waals surface area (Å²) in [5, 5.41) is 2.99. The number of nitrogens with zero attached hydrogens (tertiary/aromatic N) is 4. The molecular weight excluding hydrogens is 439 g/mol. The lowest BCUT2D eigenvalue weighted by Gasteiger charge is -2.06. The molecule has 0 amide bonds. The number of aromatic nitrogens is 3. The van der Waals surface area contributed by atoms with Crippen molar-refractivity contribution < 1.29 is 0 Å². The number of imidazole rings is 1. The van der Waals surface area contributed by atoms with Crippen molar-refractivity contribution in [2.24, 2.45) is 10.7 Å². The van der Waals surface area contributed by atoms with Gasteiger partial charge in [-0.25, -0.2) is 15.0 Å². The topological polar surface area (TPSA) is 81.1 Å². The molecule has 3 N–H and O–H groups in total. The molecule has 1 saturated carbocycles. The van der Waals surface area contributed by atoms with E-state index in [2.05, 4.69) is 45.0 Å². The zero-order valence-corrected chi connectivity index (χ0v) is 17.1. The molecule has 26 heavy (non-hydrogen) atoms. The minimum absolute atomic E-state index is 0. The minimum Gasteiger partial charge on any atom is -0.370 e. The number of rotatable bonds is 5. The van der Waals surface area contributed by atoms with Gasteiger partial charge >= 0.3 is 0 Å². The minimum atomic E-state index is 0. The van der Waals surface area contributed by atoms with Gasteiger partial charge in [0.25, 0.3) is 0 Å². The van der Waals surface area contributed by atoms with E-state index in [1.165, 1.54) is 24.2 Å². The maximum Gasteiger partial charge on any atom is 0.194 e. The van der Waals surface area contributed by atoms with Gasteiger partial charge < -0.3 is 15.6 Å². The van der Waals surface area contributed by atoms with E-state index in [1.54, 1.807) is 6.20 Å². The van der Waals surface area contributed by atoms with E-state index in [0.717, 1.165) is 17.5 Å². The van der Waals surface area contributed by atoms with Crippen molar-refractivity contribution >= 4 is 46.8 Å². The molecule has 0 spiro atoms. The summed E-state index contributed by atoms with van der Waals surface area (Å²) in [5.41, 5.74) is 9.32. The smallest absolute Gasteiger partial charge is 0.194 e. The Balaban J connectivity index is 0.00000196. The molecule has 7 heteroatoms. The van der Waals surface area contributed by atoms with Crippen LogP contribution in [0.2, 0.25) is 0 Å². The number of fused-ring (bicyclic) bond motifs is 1. The predicted octanol–water partition coefficient (Wildman–Crippen LogP) is 3.87. The van der Waals surface area contributed by atoms with Gasteiger partial charge in [-0.1, -0.05) is 19.1 Å². The molecule has 6 nitrogen and oxygen atoms in total. The molecule has 3 aromatic rings. The van der Waals surface area contributed by atoms with E-state index in [4.69, 9.17) is 10.7 Å². The number of aliphatic imine (C=N–C) groups is 1. The van der Waals surface area contributed by atoms with Crippen molar-refractivity contribution in [3.63, 3.8) is 0 Å². The number of hydrogen-bond acceptors (Lipinski definition) is 3. The molecule has 0 atom stereocenters. The van der Waals surface area contributed by atoms with Crippen LogP contribution in [0, 0.1) is 0 Å². The van der Waals surface area contributed by atoms with Gasteiger partial charge in [0, 0.05) is 18.7 Å². The van der Waals surface area contributed by atoms with E-state index in [1.807, 2.05) is 18.2 Å². The first-order valence-electron chi connectivity index (χ1n) is 8.72. The van der Waals surface area contributed by atoms with Gasteiger partial charge in [0.1, 0.15) is 11.6 Å². The van der Waals surface area contributed by atoms with Gasteiger partial charge in [0.05, 0.1) is 17.6 Å². The van der Waals surface area contributed by atoms with Gasteiger partial charge in [-0.2, -0.15) is 0 Å². The number of nitrogens with one attached hydrogen (secondary N) is 1. The standard InChI is InChI=1S/C19H22N6.HI/c1-2-18-23-15-11-13(6-9-16(15)25(18)14-7-8-14)12-22-19(20)24-17-5-3-4-10-21-17;/h3-6,9-11,14H,2,7-8,12H2,1H3,(H3,20,21,22,24);1H. The zero-order valence-electron chi connectivity index (χ0n) is 14.7. The largest absolute Gasteiger partial charge is 0.370 e. The average molecular weight is 462 g/mol. The maximum absolute atomic E-state index is 5.94. The van der Waals surface area contributed by atoms with E-state index >= 15 is 0 Å². The summed E-state index contributed by atoms with van der Waals surface area (Å²) in [4.78, 5) is 13.4. The Hall–Kier alpha value is -2.16. The summed E-state index contributed by atoms with van der Waals surface area (Å²) in [7, 11) is 0. The summed E-state index contributed by atoms with van der Waals surface area (Å²) in [6.07, 6.45) is 5.20. The molecule has 4 rings (SSSR count). The van der Waals surface area contributed by atoms with Crippen LogP contribution in [0.4, 0.5) is 5.82 Å². The van der Waals surface area contributed by atoms with Crippen molar-refractivity contribution in [3.8, 4) is 0 Å². The number of anilines is 1. The number of benzene rings is 1. The highest BCUT2D eigenvalue weighted by atomic mass is 127. The number of aryl methyl sites for hydroxylation is 1. The molecule has 136 valence electrons. The summed E-state index contributed by atoms with van der Waals surface area (Å²) in [6, 6.07) is 12.6. The Kier molecular flexibility index (Phi) is 5.75. The number of guanidine groups is 1. The zero-order chi connectivity index (χ0) is 17.2. The Morgan fingerprint density at radius 1 is 1.31 bits per heavy atom. The molecule has 1 aliphatic rings. The first-order valence-corrected chi connectivity index (χ1v) is 8.72. The van der Waals surface area contributed by atoms with E-state index in [0.29, 0.717) is 24.4 Å². The van der Waals surface area contributed by atoms with Crippen LogP contribution < -0.4 is 11.1 Å². The van der Waals surface area contributed by atoms with Gasteiger partial charge in [0.2, 0.25) is 0 Å². The second kappa shape index (κ2) is 8.03. The van der Waals surface area contributed by atoms with E-state index in [-0.39, 0.29) is 24.0 Å². The normalized spacial score (nSPS) is 14.3. The van der Waals surface area contributed by atoms with Crippen LogP contribution in [0.5, 0.6) is 0 Å². The summed E-state index contributed by atoms with van der Waals surface area (Å²) < 4.78 is 2.40. The number of nitrogens with two attached hydrogens (primary N) is 1. The molecular formula is C19H23IN6. The second-order valence-electron chi connectivity index (χ2n) is 6.35. The van der Waals surface area contributed by atoms with Crippen LogP contribution >= 0.6 is 24.0 Å². The van der Waals surface area contributed by atoms with Crippen molar-refractivity contribution in [2.45, 2.75) is 38.8 Å². The van der Waals surface area contributed by atoms with Crippen LogP contribution in [0.15, 0.2) is 47.6 Å². The monoisotopic (exact) mass is 462 g/mol. The third-order valence-electron chi connectivity index (χ3n) is 4.41. The first kappa shape index (κ1) is 18.6. The average Bonchev–Trinajstić information content (AvgIpc) is 3.40. The lowest BCUT2D eigenvalue weighted by atomic mass is 10.2. The van der Waals surface area contributed by atoms with Crippen molar-refractivity contribution in [2.75, 3.05) is 5.32 Å². The highest BCUT2D eigenvalue weighted by Gasteiger charge is 2.27. The van der Waals surface area contributed by atoms with Crippen molar-refractivity contribution in [1.29, 1.82) is 0 Å². The molecule has 1 aliphatic carbocycles. The maximum atomic E-state index is 5.94. The summed E-state index contributed by atoms with van der Waals surface area (Å²) in [6.45, 7) is 2.68. The molecule has 1 fully saturated rings. The Morgan fingerprint density at radius 3 is 2.85 bits per heavy atom. The fourth-order valence-electron chi connectivity index (χ4n) is 3.07. The fraction of sp³-hybridized carbons (Fsp3) is 0.316. The van der Waals surface area contributed by atoms with Crippen LogP contribution in [0.25, 0.3) is 11.0 Å². The van der Waals surface area contributed by atoms with Gasteiger partial charge in [-0.15, -0.1) is 24.0 Å². The quantitative estimate of drug-likeness (QED) is 0.343. The molecule has 2 aromatic heterocycles. The third-order valence-corrected chi connectivity index (χ3v) is 4.41. The Bertz CT molecular complexity index is 914. The molecule has 0 bridgehead atoms. The molecule has 0 saturated heterocycles. The number of hydrogen-bond donors (Lipinski definition) is 2. The number of pyridine rings is 1. The lowest BCUT2D eigenvalue weighted by molar-refractivity contribution is 0.708. The second-order valence-corrected chi connectivity index (χ2v) is 6.35. The molecule has 0 radical (unpaired) electrons. The van der Waals surface area contributed by atoms with Crippen LogP contribution in [0.3, 0.4) is 0 Å². The fourth-order valence-corrected chi connectivity index (χ4v) is 3.07.